The van der Waals surface area contributed by atoms with Crippen LogP contribution in [0.1, 0.15) is 23.2 Å². The summed E-state index contributed by atoms with van der Waals surface area (Å²) in [5.74, 6) is 1.34. The van der Waals surface area contributed by atoms with Gasteiger partial charge in [0.05, 0.1) is 6.61 Å². The van der Waals surface area contributed by atoms with Gasteiger partial charge in [-0.25, -0.2) is 0 Å². The summed E-state index contributed by atoms with van der Waals surface area (Å²) >= 11 is 0. The van der Waals surface area contributed by atoms with Crippen molar-refractivity contribution in [3.05, 3.63) is 66.7 Å². The van der Waals surface area contributed by atoms with Crippen molar-refractivity contribution in [2.75, 3.05) is 43.0 Å². The lowest BCUT2D eigenvalue weighted by Gasteiger charge is -2.35. The maximum atomic E-state index is 12.5. The molecule has 156 valence electrons. The van der Waals surface area contributed by atoms with E-state index in [0.29, 0.717) is 24.6 Å². The molecule has 1 saturated carbocycles. The number of hydrogen-bond donors (Lipinski definition) is 1. The van der Waals surface area contributed by atoms with E-state index < -0.39 is 0 Å². The van der Waals surface area contributed by atoms with Gasteiger partial charge in [0.1, 0.15) is 5.75 Å². The predicted molar refractivity (Wildman–Crippen MR) is 118 cm³/mol. The van der Waals surface area contributed by atoms with Crippen molar-refractivity contribution in [3.63, 3.8) is 0 Å². The molecular weight excluding hydrogens is 378 g/mol. The number of ether oxygens (including phenoxy) is 1. The van der Waals surface area contributed by atoms with Crippen LogP contribution in [0.15, 0.2) is 61.2 Å². The standard InChI is InChI=1S/C24H27N3O3/c1-2-23(28)27-15-13-26(14-16-27)21-9-7-20(8-10-21)25-24(29)19-5-11-22(12-6-19)30-17-18-3-4-18/h2,5-12,18H,1,3-4,13-17H2,(H,25,29). The van der Waals surface area contributed by atoms with Crippen LogP contribution in [0.25, 0.3) is 0 Å². The first-order valence-corrected chi connectivity index (χ1v) is 10.4. The van der Waals surface area contributed by atoms with Crippen molar-refractivity contribution in [3.8, 4) is 5.75 Å². The molecule has 2 aliphatic rings. The highest BCUT2D eigenvalue weighted by Crippen LogP contribution is 2.29. The number of anilines is 2. The molecule has 2 aromatic rings. The van der Waals surface area contributed by atoms with Gasteiger partial charge in [-0.1, -0.05) is 6.58 Å². The molecule has 0 aromatic heterocycles. The fraction of sp³-hybridized carbons (Fsp3) is 0.333. The van der Waals surface area contributed by atoms with Gasteiger partial charge < -0.3 is 19.9 Å². The first-order chi connectivity index (χ1) is 14.6. The summed E-state index contributed by atoms with van der Waals surface area (Å²) in [5, 5.41) is 2.94. The van der Waals surface area contributed by atoms with Crippen LogP contribution in [0.5, 0.6) is 5.75 Å². The third kappa shape index (κ3) is 5.00. The highest BCUT2D eigenvalue weighted by Gasteiger charge is 2.22. The zero-order chi connectivity index (χ0) is 20.9. The van der Waals surface area contributed by atoms with Gasteiger partial charge in [-0.2, -0.15) is 0 Å². The predicted octanol–water partition coefficient (Wildman–Crippen LogP) is 3.56. The Balaban J connectivity index is 1.29. The van der Waals surface area contributed by atoms with Crippen LogP contribution in [-0.4, -0.2) is 49.5 Å². The Morgan fingerprint density at radius 2 is 1.67 bits per heavy atom. The lowest BCUT2D eigenvalue weighted by atomic mass is 10.2. The largest absolute Gasteiger partial charge is 0.493 e. The van der Waals surface area contributed by atoms with Crippen LogP contribution in [0, 0.1) is 5.92 Å². The van der Waals surface area contributed by atoms with Crippen molar-refractivity contribution in [1.82, 2.24) is 4.90 Å². The lowest BCUT2D eigenvalue weighted by molar-refractivity contribution is -0.126. The molecule has 1 aliphatic carbocycles. The van der Waals surface area contributed by atoms with E-state index in [-0.39, 0.29) is 11.8 Å². The van der Waals surface area contributed by atoms with Gasteiger partial charge in [0.25, 0.3) is 5.91 Å². The second kappa shape index (κ2) is 9.03. The molecule has 0 bridgehead atoms. The summed E-state index contributed by atoms with van der Waals surface area (Å²) in [6, 6.07) is 15.1. The Morgan fingerprint density at radius 3 is 2.27 bits per heavy atom. The second-order valence-electron chi connectivity index (χ2n) is 7.80. The fourth-order valence-corrected chi connectivity index (χ4v) is 3.47. The molecule has 2 amide bonds. The van der Waals surface area contributed by atoms with Gasteiger partial charge >= 0.3 is 0 Å². The Kier molecular flexibility index (Phi) is 6.02. The highest BCUT2D eigenvalue weighted by atomic mass is 16.5. The molecule has 0 atom stereocenters. The number of benzene rings is 2. The zero-order valence-corrected chi connectivity index (χ0v) is 17.0. The summed E-state index contributed by atoms with van der Waals surface area (Å²) in [4.78, 5) is 28.2. The average molecular weight is 405 g/mol. The minimum absolute atomic E-state index is 0.0183. The minimum Gasteiger partial charge on any atom is -0.493 e. The van der Waals surface area contributed by atoms with E-state index in [0.717, 1.165) is 36.8 Å². The smallest absolute Gasteiger partial charge is 0.255 e. The van der Waals surface area contributed by atoms with Crippen LogP contribution in [0.3, 0.4) is 0 Å². The second-order valence-corrected chi connectivity index (χ2v) is 7.80. The fourth-order valence-electron chi connectivity index (χ4n) is 3.47. The van der Waals surface area contributed by atoms with Crippen LogP contribution in [-0.2, 0) is 4.79 Å². The van der Waals surface area contributed by atoms with Crippen molar-refractivity contribution in [2.45, 2.75) is 12.8 Å². The molecule has 0 unspecified atom stereocenters. The van der Waals surface area contributed by atoms with Crippen molar-refractivity contribution in [1.29, 1.82) is 0 Å². The Labute approximate surface area is 177 Å². The number of piperazine rings is 1. The molecule has 4 rings (SSSR count). The number of carbonyl (C=O) groups is 2. The highest BCUT2D eigenvalue weighted by molar-refractivity contribution is 6.04. The molecule has 6 heteroatoms. The molecule has 1 aliphatic heterocycles. The molecule has 0 radical (unpaired) electrons. The van der Waals surface area contributed by atoms with E-state index in [2.05, 4.69) is 16.8 Å². The van der Waals surface area contributed by atoms with E-state index in [1.807, 2.05) is 36.4 Å². The summed E-state index contributed by atoms with van der Waals surface area (Å²) in [5.41, 5.74) is 2.43. The number of nitrogens with zero attached hydrogens (tertiary/aromatic N) is 2. The van der Waals surface area contributed by atoms with E-state index in [9.17, 15) is 9.59 Å². The van der Waals surface area contributed by atoms with Crippen molar-refractivity contribution in [2.24, 2.45) is 5.92 Å². The quantitative estimate of drug-likeness (QED) is 0.716. The monoisotopic (exact) mass is 405 g/mol. The first kappa shape index (κ1) is 20.0. The molecule has 1 N–H and O–H groups in total. The third-order valence-electron chi connectivity index (χ3n) is 5.56. The minimum atomic E-state index is -0.145. The van der Waals surface area contributed by atoms with Crippen LogP contribution in [0.2, 0.25) is 0 Å². The van der Waals surface area contributed by atoms with Gasteiger partial charge in [0.15, 0.2) is 0 Å². The molecule has 2 fully saturated rings. The molecule has 0 spiro atoms. The van der Waals surface area contributed by atoms with Crippen LogP contribution >= 0.6 is 0 Å². The third-order valence-corrected chi connectivity index (χ3v) is 5.56. The number of nitrogens with one attached hydrogen (secondary N) is 1. The number of rotatable bonds is 7. The molecule has 1 saturated heterocycles. The molecular formula is C24H27N3O3. The maximum Gasteiger partial charge on any atom is 0.255 e. The summed E-state index contributed by atoms with van der Waals surface area (Å²) in [6.45, 7) is 7.23. The molecule has 30 heavy (non-hydrogen) atoms. The van der Waals surface area contributed by atoms with E-state index in [4.69, 9.17) is 4.74 Å². The Hall–Kier alpha value is -3.28. The Morgan fingerprint density at radius 1 is 1.00 bits per heavy atom. The molecule has 2 aromatic carbocycles. The summed E-state index contributed by atoms with van der Waals surface area (Å²) in [7, 11) is 0. The Bertz CT molecular complexity index is 896. The molecule has 6 nitrogen and oxygen atoms in total. The normalized spacial score (nSPS) is 16.1. The summed E-state index contributed by atoms with van der Waals surface area (Å²) < 4.78 is 5.72. The van der Waals surface area contributed by atoms with Gasteiger partial charge in [0.2, 0.25) is 5.91 Å². The van der Waals surface area contributed by atoms with Crippen LogP contribution < -0.4 is 15.0 Å². The molecule has 1 heterocycles. The number of carbonyl (C=O) groups excluding carboxylic acids is 2. The first-order valence-electron chi connectivity index (χ1n) is 10.4. The summed E-state index contributed by atoms with van der Waals surface area (Å²) in [6.07, 6.45) is 3.87. The maximum absolute atomic E-state index is 12.5. The van der Waals surface area contributed by atoms with E-state index in [1.54, 1.807) is 17.0 Å². The SMILES string of the molecule is C=CC(=O)N1CCN(c2ccc(NC(=O)c3ccc(OCC4CC4)cc3)cc2)CC1. The van der Waals surface area contributed by atoms with Crippen molar-refractivity contribution >= 4 is 23.2 Å². The van der Waals surface area contributed by atoms with E-state index in [1.165, 1.54) is 18.9 Å². The average Bonchev–Trinajstić information content (AvgIpc) is 3.63. The van der Waals surface area contributed by atoms with Gasteiger partial charge in [0, 0.05) is 43.1 Å². The van der Waals surface area contributed by atoms with Gasteiger partial charge in [-0.15, -0.1) is 0 Å². The van der Waals surface area contributed by atoms with Gasteiger partial charge in [-0.05, 0) is 73.4 Å². The van der Waals surface area contributed by atoms with Crippen LogP contribution in [0.4, 0.5) is 11.4 Å². The van der Waals surface area contributed by atoms with Crippen molar-refractivity contribution < 1.29 is 14.3 Å². The number of amides is 2. The topological polar surface area (TPSA) is 61.9 Å². The lowest BCUT2D eigenvalue weighted by Crippen LogP contribution is -2.48. The number of hydrogen-bond acceptors (Lipinski definition) is 4. The van der Waals surface area contributed by atoms with Gasteiger partial charge in [-0.3, -0.25) is 9.59 Å². The zero-order valence-electron chi connectivity index (χ0n) is 17.0. The van der Waals surface area contributed by atoms with E-state index >= 15 is 0 Å².